The Balaban J connectivity index is 3.02. The highest BCUT2D eigenvalue weighted by molar-refractivity contribution is 5.76. The Morgan fingerprint density at radius 1 is 1.33 bits per heavy atom. The van der Waals surface area contributed by atoms with Crippen molar-refractivity contribution in [2.75, 3.05) is 6.61 Å². The van der Waals surface area contributed by atoms with Gasteiger partial charge in [0.15, 0.2) is 0 Å². The highest BCUT2D eigenvalue weighted by Gasteiger charge is 2.09. The maximum absolute atomic E-state index is 10.6. The first-order chi connectivity index (χ1) is 7.08. The average Bonchev–Trinajstić information content (AvgIpc) is 2.22. The van der Waals surface area contributed by atoms with E-state index >= 15 is 0 Å². The Morgan fingerprint density at radius 3 is 2.27 bits per heavy atom. The van der Waals surface area contributed by atoms with Crippen LogP contribution in [0.2, 0.25) is 0 Å². The van der Waals surface area contributed by atoms with Gasteiger partial charge in [-0.3, -0.25) is 4.79 Å². The van der Waals surface area contributed by atoms with Crippen LogP contribution in [0.4, 0.5) is 0 Å². The molecule has 0 aromatic heterocycles. The normalized spacial score (nSPS) is 12.5. The van der Waals surface area contributed by atoms with Gasteiger partial charge in [-0.15, -0.1) is 0 Å². The van der Waals surface area contributed by atoms with Crippen LogP contribution >= 0.6 is 0 Å². The lowest BCUT2D eigenvalue weighted by Crippen LogP contribution is -2.16. The van der Waals surface area contributed by atoms with E-state index < -0.39 is 6.10 Å². The number of hydrogen-bond acceptors (Lipinski definition) is 3. The molecule has 1 aromatic rings. The van der Waals surface area contributed by atoms with Crippen LogP contribution in [0.3, 0.4) is 0 Å². The second-order valence-corrected chi connectivity index (χ2v) is 3.79. The molecule has 3 nitrogen and oxygen atoms in total. The molecule has 0 amide bonds. The van der Waals surface area contributed by atoms with E-state index in [1.54, 1.807) is 12.1 Å². The van der Waals surface area contributed by atoms with Crippen molar-refractivity contribution in [3.8, 4) is 0 Å². The molecule has 0 heterocycles. The van der Waals surface area contributed by atoms with E-state index in [1.165, 1.54) is 0 Å². The number of aliphatic hydroxyl groups excluding tert-OH is 2. The van der Waals surface area contributed by atoms with Crippen molar-refractivity contribution in [2.24, 2.45) is 0 Å². The van der Waals surface area contributed by atoms with Crippen LogP contribution in [0.1, 0.15) is 27.0 Å². The fourth-order valence-corrected chi connectivity index (χ4v) is 1.72. The van der Waals surface area contributed by atoms with Crippen molar-refractivity contribution in [3.63, 3.8) is 0 Å². The molecule has 1 rings (SSSR count). The Labute approximate surface area is 89.4 Å². The minimum Gasteiger partial charge on any atom is -0.394 e. The lowest BCUT2D eigenvalue weighted by atomic mass is 9.95. The SMILES string of the molecule is Cc1cc(C=O)cc(C)c1CC(O)CO. The van der Waals surface area contributed by atoms with E-state index in [-0.39, 0.29) is 6.61 Å². The highest BCUT2D eigenvalue weighted by Crippen LogP contribution is 2.17. The lowest BCUT2D eigenvalue weighted by Gasteiger charge is -2.13. The molecule has 15 heavy (non-hydrogen) atoms. The molecule has 0 radical (unpaired) electrons. The number of aryl methyl sites for hydroxylation is 2. The summed E-state index contributed by atoms with van der Waals surface area (Å²) in [6, 6.07) is 3.58. The number of benzene rings is 1. The van der Waals surface area contributed by atoms with Gasteiger partial charge in [0.05, 0.1) is 12.7 Å². The molecule has 3 heteroatoms. The van der Waals surface area contributed by atoms with Crippen LogP contribution in [0.15, 0.2) is 12.1 Å². The number of aldehydes is 1. The zero-order valence-corrected chi connectivity index (χ0v) is 9.03. The fourth-order valence-electron chi connectivity index (χ4n) is 1.72. The number of carbonyl (C=O) groups excluding carboxylic acids is 1. The van der Waals surface area contributed by atoms with Crippen LogP contribution in [0.5, 0.6) is 0 Å². The Morgan fingerprint density at radius 2 is 1.87 bits per heavy atom. The molecule has 0 spiro atoms. The summed E-state index contributed by atoms with van der Waals surface area (Å²) in [5.41, 5.74) is 3.60. The first kappa shape index (κ1) is 11.9. The second kappa shape index (κ2) is 5.05. The van der Waals surface area contributed by atoms with Crippen molar-refractivity contribution in [2.45, 2.75) is 26.4 Å². The summed E-state index contributed by atoms with van der Waals surface area (Å²) in [6.45, 7) is 3.56. The van der Waals surface area contributed by atoms with Gasteiger partial charge in [0.1, 0.15) is 6.29 Å². The van der Waals surface area contributed by atoms with Gasteiger partial charge < -0.3 is 10.2 Å². The largest absolute Gasteiger partial charge is 0.394 e. The fraction of sp³-hybridized carbons (Fsp3) is 0.417. The van der Waals surface area contributed by atoms with E-state index in [9.17, 15) is 9.90 Å². The third kappa shape index (κ3) is 2.88. The predicted octanol–water partition coefficient (Wildman–Crippen LogP) is 1.01. The van der Waals surface area contributed by atoms with Gasteiger partial charge in [0.2, 0.25) is 0 Å². The van der Waals surface area contributed by atoms with Gasteiger partial charge in [-0.05, 0) is 42.7 Å². The van der Waals surface area contributed by atoms with Crippen LogP contribution in [0, 0.1) is 13.8 Å². The van der Waals surface area contributed by atoms with Crippen molar-refractivity contribution in [1.29, 1.82) is 0 Å². The van der Waals surface area contributed by atoms with E-state index in [4.69, 9.17) is 5.11 Å². The summed E-state index contributed by atoms with van der Waals surface area (Å²) in [5.74, 6) is 0. The molecule has 0 aliphatic heterocycles. The molecule has 1 atom stereocenters. The van der Waals surface area contributed by atoms with Crippen molar-refractivity contribution in [1.82, 2.24) is 0 Å². The van der Waals surface area contributed by atoms with Crippen molar-refractivity contribution in [3.05, 3.63) is 34.4 Å². The second-order valence-electron chi connectivity index (χ2n) is 3.79. The molecular weight excluding hydrogens is 192 g/mol. The monoisotopic (exact) mass is 208 g/mol. The Kier molecular flexibility index (Phi) is 4.00. The topological polar surface area (TPSA) is 57.5 Å². The summed E-state index contributed by atoms with van der Waals surface area (Å²) in [5, 5.41) is 18.1. The molecule has 0 saturated heterocycles. The Bertz CT molecular complexity index is 335. The predicted molar refractivity (Wildman–Crippen MR) is 58.1 cm³/mol. The van der Waals surface area contributed by atoms with Gasteiger partial charge in [-0.25, -0.2) is 0 Å². The zero-order chi connectivity index (χ0) is 11.4. The summed E-state index contributed by atoms with van der Waals surface area (Å²) in [6.07, 6.45) is 0.504. The summed E-state index contributed by atoms with van der Waals surface area (Å²) in [4.78, 5) is 10.6. The van der Waals surface area contributed by atoms with Gasteiger partial charge in [0.25, 0.3) is 0 Å². The number of carbonyl (C=O) groups is 1. The van der Waals surface area contributed by atoms with E-state index in [0.29, 0.717) is 12.0 Å². The molecule has 0 saturated carbocycles. The maximum Gasteiger partial charge on any atom is 0.150 e. The van der Waals surface area contributed by atoms with E-state index in [0.717, 1.165) is 23.0 Å². The van der Waals surface area contributed by atoms with Gasteiger partial charge in [-0.2, -0.15) is 0 Å². The zero-order valence-electron chi connectivity index (χ0n) is 9.03. The van der Waals surface area contributed by atoms with Gasteiger partial charge in [-0.1, -0.05) is 0 Å². The molecule has 0 bridgehead atoms. The molecule has 0 aliphatic rings. The molecule has 2 N–H and O–H groups in total. The third-order valence-electron chi connectivity index (χ3n) is 2.50. The molecule has 82 valence electrons. The molecule has 0 fully saturated rings. The first-order valence-corrected chi connectivity index (χ1v) is 4.92. The standard InChI is InChI=1S/C12H16O3/c1-8-3-10(6-13)4-9(2)12(8)5-11(15)7-14/h3-4,6,11,14-15H,5,7H2,1-2H3. The quantitative estimate of drug-likeness (QED) is 0.726. The van der Waals surface area contributed by atoms with Crippen LogP contribution < -0.4 is 0 Å². The van der Waals surface area contributed by atoms with Crippen molar-refractivity contribution < 1.29 is 15.0 Å². The maximum atomic E-state index is 10.6. The van der Waals surface area contributed by atoms with Crippen LogP contribution in [-0.4, -0.2) is 29.2 Å². The molecule has 1 unspecified atom stereocenters. The highest BCUT2D eigenvalue weighted by atomic mass is 16.3. The van der Waals surface area contributed by atoms with Crippen LogP contribution in [-0.2, 0) is 6.42 Å². The summed E-state index contributed by atoms with van der Waals surface area (Å²) >= 11 is 0. The molecular formula is C12H16O3. The lowest BCUT2D eigenvalue weighted by molar-refractivity contribution is 0.0952. The Hall–Kier alpha value is -1.19. The van der Waals surface area contributed by atoms with Crippen molar-refractivity contribution >= 4 is 6.29 Å². The third-order valence-corrected chi connectivity index (χ3v) is 2.50. The van der Waals surface area contributed by atoms with E-state index in [2.05, 4.69) is 0 Å². The van der Waals surface area contributed by atoms with Gasteiger partial charge in [0, 0.05) is 12.0 Å². The number of rotatable bonds is 4. The minimum atomic E-state index is -0.732. The number of aliphatic hydroxyl groups is 2. The average molecular weight is 208 g/mol. The van der Waals surface area contributed by atoms with Gasteiger partial charge >= 0.3 is 0 Å². The minimum absolute atomic E-state index is 0.242. The smallest absolute Gasteiger partial charge is 0.150 e. The first-order valence-electron chi connectivity index (χ1n) is 4.92. The summed E-state index contributed by atoms with van der Waals surface area (Å²) < 4.78 is 0. The van der Waals surface area contributed by atoms with E-state index in [1.807, 2.05) is 13.8 Å². The molecule has 0 aliphatic carbocycles. The van der Waals surface area contributed by atoms with Crippen LogP contribution in [0.25, 0.3) is 0 Å². The number of hydrogen-bond donors (Lipinski definition) is 2. The summed E-state index contributed by atoms with van der Waals surface area (Å²) in [7, 11) is 0. The molecule has 1 aromatic carbocycles.